The molecular weight excluding hydrogens is 587 g/mol. The zero-order valence-electron chi connectivity index (χ0n) is 20.0. The molecule has 2 heterocycles. The van der Waals surface area contributed by atoms with Gasteiger partial charge >= 0.3 is 0 Å². The van der Waals surface area contributed by atoms with Crippen molar-refractivity contribution in [3.63, 3.8) is 0 Å². The third-order valence-electron chi connectivity index (χ3n) is 5.70. The molecule has 2 N–H and O–H groups in total. The first-order valence-electron chi connectivity index (χ1n) is 11.4. The molecule has 5 rings (SSSR count). The van der Waals surface area contributed by atoms with Gasteiger partial charge in [0.05, 0.1) is 21.7 Å². The van der Waals surface area contributed by atoms with E-state index in [1.165, 1.54) is 12.1 Å². The number of sulfone groups is 1. The zero-order valence-corrected chi connectivity index (χ0v) is 23.2. The Morgan fingerprint density at radius 3 is 2.46 bits per heavy atom. The number of fused-ring (bicyclic) bond motifs is 1. The molecule has 0 aliphatic heterocycles. The van der Waals surface area contributed by atoms with Gasteiger partial charge in [0.15, 0.2) is 15.1 Å². The van der Waals surface area contributed by atoms with Crippen LogP contribution in [0.2, 0.25) is 5.02 Å². The lowest BCUT2D eigenvalue weighted by atomic mass is 10.1. The Hall–Kier alpha value is -3.23. The van der Waals surface area contributed by atoms with Crippen molar-refractivity contribution in [1.82, 2.24) is 15.2 Å². The molecule has 9 nitrogen and oxygen atoms in total. The number of halogens is 2. The summed E-state index contributed by atoms with van der Waals surface area (Å²) in [5.74, 6) is -1.54. The van der Waals surface area contributed by atoms with E-state index in [0.29, 0.717) is 26.9 Å². The molecule has 2 aromatic heterocycles. The molecule has 0 amide bonds. The number of thiazole rings is 1. The van der Waals surface area contributed by atoms with Gasteiger partial charge in [0.25, 0.3) is 0 Å². The molecule has 5 aromatic rings. The van der Waals surface area contributed by atoms with E-state index in [1.807, 2.05) is 0 Å². The van der Waals surface area contributed by atoms with E-state index in [0.717, 1.165) is 11.3 Å². The summed E-state index contributed by atoms with van der Waals surface area (Å²) < 4.78 is 70.4. The molecule has 3 aromatic carbocycles. The summed E-state index contributed by atoms with van der Waals surface area (Å²) in [7, 11) is -7.78. The van der Waals surface area contributed by atoms with Crippen LogP contribution in [0.3, 0.4) is 0 Å². The van der Waals surface area contributed by atoms with E-state index in [4.69, 9.17) is 21.2 Å². The first-order chi connectivity index (χ1) is 18.5. The SMILES string of the molecule is NS(=O)(=O)CCc1nnc(C(c2nc3ccc(-c4cc(F)cc(Cl)c4)cc3s2)S(=O)(=O)Cc2ccccc2)o1. The van der Waals surface area contributed by atoms with Crippen LogP contribution in [-0.2, 0) is 32.0 Å². The molecule has 39 heavy (non-hydrogen) atoms. The fraction of sp³-hybridized carbons (Fsp3) is 0.160. The highest BCUT2D eigenvalue weighted by Gasteiger charge is 2.37. The van der Waals surface area contributed by atoms with Crippen LogP contribution >= 0.6 is 22.9 Å². The zero-order chi connectivity index (χ0) is 27.8. The van der Waals surface area contributed by atoms with Gasteiger partial charge in [-0.15, -0.1) is 21.5 Å². The highest BCUT2D eigenvalue weighted by molar-refractivity contribution is 7.91. The van der Waals surface area contributed by atoms with E-state index in [9.17, 15) is 21.2 Å². The third kappa shape index (κ3) is 6.50. The van der Waals surface area contributed by atoms with Gasteiger partial charge in [-0.2, -0.15) is 0 Å². The number of rotatable bonds is 9. The van der Waals surface area contributed by atoms with Crippen molar-refractivity contribution in [3.8, 4) is 11.1 Å². The predicted octanol–water partition coefficient (Wildman–Crippen LogP) is 4.67. The molecule has 0 fully saturated rings. The number of aromatic nitrogens is 3. The minimum absolute atomic E-state index is 0.0645. The average molecular weight is 607 g/mol. The minimum atomic E-state index is -3.99. The molecule has 0 saturated carbocycles. The quantitative estimate of drug-likeness (QED) is 0.255. The number of hydrogen-bond acceptors (Lipinski definition) is 9. The second kappa shape index (κ2) is 10.7. The molecule has 0 aliphatic rings. The van der Waals surface area contributed by atoms with E-state index in [1.54, 1.807) is 54.6 Å². The van der Waals surface area contributed by atoms with Gasteiger partial charge in [-0.3, -0.25) is 0 Å². The second-order valence-electron chi connectivity index (χ2n) is 8.72. The van der Waals surface area contributed by atoms with E-state index in [2.05, 4.69) is 15.2 Å². The van der Waals surface area contributed by atoms with Crippen molar-refractivity contribution in [3.05, 3.63) is 99.9 Å². The molecule has 1 atom stereocenters. The molecule has 202 valence electrons. The minimum Gasteiger partial charge on any atom is -0.423 e. The van der Waals surface area contributed by atoms with Gasteiger partial charge in [0.1, 0.15) is 10.8 Å². The van der Waals surface area contributed by atoms with E-state index >= 15 is 0 Å². The molecule has 14 heteroatoms. The normalized spacial score (nSPS) is 13.1. The molecular formula is C25H20ClFN4O5S3. The van der Waals surface area contributed by atoms with Gasteiger partial charge < -0.3 is 4.42 Å². The predicted molar refractivity (Wildman–Crippen MR) is 147 cm³/mol. The number of primary sulfonamides is 1. The highest BCUT2D eigenvalue weighted by Crippen LogP contribution is 2.38. The van der Waals surface area contributed by atoms with Crippen LogP contribution in [-0.4, -0.2) is 37.8 Å². The standard InChI is InChI=1S/C25H20ClFN4O5S3/c26-18-10-17(11-19(27)13-18)16-6-7-20-21(12-16)37-25(29-20)23(38(32,33)14-15-4-2-1-3-5-15)24-31-30-22(36-24)8-9-39(28,34)35/h1-7,10-13,23H,8-9,14H2,(H2,28,34,35). The number of nitrogens with zero attached hydrogens (tertiary/aromatic N) is 3. The second-order valence-corrected chi connectivity index (χ2v) is 14.0. The van der Waals surface area contributed by atoms with Crippen LogP contribution in [0.15, 0.2) is 71.1 Å². The van der Waals surface area contributed by atoms with Crippen LogP contribution in [0.25, 0.3) is 21.3 Å². The van der Waals surface area contributed by atoms with Crippen LogP contribution in [0, 0.1) is 5.82 Å². The Morgan fingerprint density at radius 2 is 1.74 bits per heavy atom. The summed E-state index contributed by atoms with van der Waals surface area (Å²) in [5, 5.41) is 11.9. The van der Waals surface area contributed by atoms with Crippen molar-refractivity contribution < 1.29 is 25.6 Å². The van der Waals surface area contributed by atoms with Crippen LogP contribution in [0.4, 0.5) is 4.39 Å². The summed E-state index contributed by atoms with van der Waals surface area (Å²) in [6.07, 6.45) is -0.170. The lowest BCUT2D eigenvalue weighted by molar-refractivity contribution is 0.453. The van der Waals surface area contributed by atoms with Crippen LogP contribution in [0.5, 0.6) is 0 Å². The Bertz CT molecular complexity index is 1860. The first kappa shape index (κ1) is 27.3. The first-order valence-corrected chi connectivity index (χ1v) is 16.0. The molecule has 0 spiro atoms. The van der Waals surface area contributed by atoms with Crippen molar-refractivity contribution in [2.45, 2.75) is 17.4 Å². The molecule has 0 bridgehead atoms. The van der Waals surface area contributed by atoms with Crippen molar-refractivity contribution in [2.24, 2.45) is 5.14 Å². The maximum atomic E-state index is 13.9. The van der Waals surface area contributed by atoms with Gasteiger partial charge in [0.2, 0.25) is 21.8 Å². The average Bonchev–Trinajstić information content (AvgIpc) is 3.48. The lowest BCUT2D eigenvalue weighted by Crippen LogP contribution is -2.18. The number of sulfonamides is 1. The van der Waals surface area contributed by atoms with Crippen molar-refractivity contribution >= 4 is 53.0 Å². The maximum absolute atomic E-state index is 13.9. The topological polar surface area (TPSA) is 146 Å². The summed E-state index contributed by atoms with van der Waals surface area (Å²) in [4.78, 5) is 4.56. The fourth-order valence-corrected chi connectivity index (χ4v) is 7.79. The number of nitrogens with two attached hydrogens (primary N) is 1. The number of aryl methyl sites for hydroxylation is 1. The van der Waals surface area contributed by atoms with E-state index < -0.39 is 36.7 Å². The molecule has 1 unspecified atom stereocenters. The summed E-state index contributed by atoms with van der Waals surface area (Å²) in [5.41, 5.74) is 2.31. The summed E-state index contributed by atoms with van der Waals surface area (Å²) >= 11 is 7.14. The van der Waals surface area contributed by atoms with Crippen molar-refractivity contribution in [2.75, 3.05) is 5.75 Å². The third-order valence-corrected chi connectivity index (χ3v) is 9.80. The number of hydrogen-bond donors (Lipinski definition) is 1. The molecule has 0 radical (unpaired) electrons. The Morgan fingerprint density at radius 1 is 0.974 bits per heavy atom. The number of benzene rings is 3. The Balaban J connectivity index is 1.57. The van der Waals surface area contributed by atoms with Crippen molar-refractivity contribution in [1.29, 1.82) is 0 Å². The molecule has 0 aliphatic carbocycles. The lowest BCUT2D eigenvalue weighted by Gasteiger charge is -2.12. The van der Waals surface area contributed by atoms with E-state index in [-0.39, 0.29) is 34.0 Å². The fourth-order valence-electron chi connectivity index (χ4n) is 3.96. The Kier molecular flexibility index (Phi) is 7.53. The highest BCUT2D eigenvalue weighted by atomic mass is 35.5. The monoisotopic (exact) mass is 606 g/mol. The maximum Gasteiger partial charge on any atom is 0.241 e. The summed E-state index contributed by atoms with van der Waals surface area (Å²) in [6.45, 7) is 0. The van der Waals surface area contributed by atoms with Gasteiger partial charge in [-0.1, -0.05) is 48.0 Å². The largest absolute Gasteiger partial charge is 0.423 e. The Labute approximate surface area is 232 Å². The molecule has 0 saturated heterocycles. The van der Waals surface area contributed by atoms with Gasteiger partial charge in [-0.25, -0.2) is 31.3 Å². The van der Waals surface area contributed by atoms with Crippen LogP contribution in [0.1, 0.15) is 27.6 Å². The summed E-state index contributed by atoms with van der Waals surface area (Å²) in [6, 6.07) is 18.0. The van der Waals surface area contributed by atoms with Crippen LogP contribution < -0.4 is 5.14 Å². The smallest absolute Gasteiger partial charge is 0.241 e. The van der Waals surface area contributed by atoms with Gasteiger partial charge in [0, 0.05) is 11.4 Å². The van der Waals surface area contributed by atoms with Gasteiger partial charge in [-0.05, 0) is 47.0 Å².